The lowest BCUT2D eigenvalue weighted by atomic mass is 10.2. The minimum absolute atomic E-state index is 0.0201. The number of rotatable bonds is 8. The Labute approximate surface area is 221 Å². The Morgan fingerprint density at radius 2 is 1.82 bits per heavy atom. The minimum Gasteiger partial charge on any atom is -0.475 e. The highest BCUT2D eigenvalue weighted by Gasteiger charge is 2.59. The number of nitrogens with one attached hydrogen (secondary N) is 2. The zero-order valence-electron chi connectivity index (χ0n) is 21.2. The van der Waals surface area contributed by atoms with Crippen LogP contribution in [0.5, 0.6) is 5.88 Å². The molecule has 2 heterocycles. The Morgan fingerprint density at radius 1 is 1.21 bits per heavy atom. The fraction of sp³-hybridized carbons (Fsp3) is 0.565. The molecule has 1 saturated carbocycles. The van der Waals surface area contributed by atoms with Gasteiger partial charge in [0, 0.05) is 55.3 Å². The lowest BCUT2D eigenvalue weighted by Crippen LogP contribution is -2.34. The molecule has 212 valence electrons. The van der Waals surface area contributed by atoms with Crippen molar-refractivity contribution >= 4 is 29.9 Å². The zero-order valence-corrected chi connectivity index (χ0v) is 22.0. The summed E-state index contributed by atoms with van der Waals surface area (Å²) in [6.45, 7) is 6.98. The third-order valence-corrected chi connectivity index (χ3v) is 6.32. The second-order valence-corrected chi connectivity index (χ2v) is 10.6. The number of fused-ring (bicyclic) bond motifs is 1. The summed E-state index contributed by atoms with van der Waals surface area (Å²) in [7, 11) is 1.68. The van der Waals surface area contributed by atoms with Gasteiger partial charge in [-0.15, -0.1) is 0 Å². The maximum atomic E-state index is 13.1. The first kappa shape index (κ1) is 31.1. The van der Waals surface area contributed by atoms with E-state index in [9.17, 15) is 27.2 Å². The van der Waals surface area contributed by atoms with E-state index in [1.54, 1.807) is 52.0 Å². The monoisotopic (exact) mass is 566 g/mol. The van der Waals surface area contributed by atoms with Gasteiger partial charge < -0.3 is 25.2 Å². The van der Waals surface area contributed by atoms with Crippen LogP contribution in [0.15, 0.2) is 35.1 Å². The molecule has 1 aromatic heterocycles. The highest BCUT2D eigenvalue weighted by atomic mass is 32.2. The molecule has 10 nitrogen and oxygen atoms in total. The molecule has 1 aliphatic heterocycles. The lowest BCUT2D eigenvalue weighted by Gasteiger charge is -2.20. The second kappa shape index (κ2) is 13.1. The predicted molar refractivity (Wildman–Crippen MR) is 129 cm³/mol. The minimum atomic E-state index is -5.08. The predicted octanol–water partition coefficient (Wildman–Crippen LogP) is 3.40. The molecule has 2 unspecified atom stereocenters. The molecule has 2 aliphatic rings. The largest absolute Gasteiger partial charge is 0.490 e. The number of amides is 2. The summed E-state index contributed by atoms with van der Waals surface area (Å²) in [4.78, 5) is 37.5. The molecule has 2 fully saturated rings. The van der Waals surface area contributed by atoms with Gasteiger partial charge in [-0.25, -0.2) is 23.3 Å². The normalized spacial score (nSPS) is 20.9. The number of carboxylic acid groups (broad SMARTS) is 1. The van der Waals surface area contributed by atoms with Gasteiger partial charge in [-0.1, -0.05) is 0 Å². The molecule has 15 heteroatoms. The number of nitrogens with zero attached hydrogens (tertiary/aromatic N) is 2. The van der Waals surface area contributed by atoms with Crippen LogP contribution in [-0.4, -0.2) is 77.4 Å². The van der Waals surface area contributed by atoms with Crippen molar-refractivity contribution < 1.29 is 46.5 Å². The Morgan fingerprint density at radius 3 is 2.26 bits per heavy atom. The van der Waals surface area contributed by atoms with Gasteiger partial charge in [0.25, 0.3) is 0 Å². The number of ether oxygens (including phenoxy) is 2. The molecule has 2 atom stereocenters. The summed E-state index contributed by atoms with van der Waals surface area (Å²) in [6.07, 6.45) is -3.59. The first-order valence-corrected chi connectivity index (χ1v) is 12.2. The number of aliphatic carboxylic acids is 1. The van der Waals surface area contributed by atoms with Crippen molar-refractivity contribution in [3.8, 4) is 5.88 Å². The molecule has 0 spiro atoms. The Bertz CT molecular complexity index is 1000. The summed E-state index contributed by atoms with van der Waals surface area (Å²) in [5.41, 5.74) is -0.362. The van der Waals surface area contributed by atoms with Crippen molar-refractivity contribution in [1.82, 2.24) is 19.9 Å². The third kappa shape index (κ3) is 10.0. The Kier molecular flexibility index (Phi) is 10.8. The number of halogens is 4. The van der Waals surface area contributed by atoms with Crippen LogP contribution in [0, 0.1) is 17.8 Å². The Hall–Kier alpha value is -3.07. The van der Waals surface area contributed by atoms with Gasteiger partial charge in [-0.05, 0) is 50.6 Å². The second-order valence-electron chi connectivity index (χ2n) is 9.45. The third-order valence-electron chi connectivity index (χ3n) is 5.31. The van der Waals surface area contributed by atoms with Crippen molar-refractivity contribution in [3.05, 3.63) is 30.2 Å². The molecule has 1 saturated heterocycles. The van der Waals surface area contributed by atoms with E-state index in [0.717, 1.165) is 18.0 Å². The van der Waals surface area contributed by atoms with Gasteiger partial charge in [0.1, 0.15) is 12.2 Å². The van der Waals surface area contributed by atoms with E-state index in [-0.39, 0.29) is 30.5 Å². The SMILES string of the molecule is CNC(=O)C1C2CN(Sc3ccc(OC/C(=C/F)CNC(=O)OC(C)(C)C)nc3)CC21.O=C(O)C(F)(F)F. The van der Waals surface area contributed by atoms with Gasteiger partial charge in [-0.2, -0.15) is 13.2 Å². The van der Waals surface area contributed by atoms with Crippen molar-refractivity contribution in [1.29, 1.82) is 0 Å². The Balaban J connectivity index is 0.000000638. The molecular formula is C23H30F4N4O6S. The number of hydrogen-bond acceptors (Lipinski definition) is 8. The molecule has 38 heavy (non-hydrogen) atoms. The molecule has 0 aromatic carbocycles. The first-order valence-electron chi connectivity index (χ1n) is 11.4. The summed E-state index contributed by atoms with van der Waals surface area (Å²) in [6, 6.07) is 3.62. The number of carboxylic acids is 1. The highest BCUT2D eigenvalue weighted by molar-refractivity contribution is 7.97. The number of alkyl carbamates (subject to hydrolysis) is 1. The van der Waals surface area contributed by atoms with Gasteiger partial charge >= 0.3 is 18.2 Å². The number of hydrogen-bond donors (Lipinski definition) is 3. The van der Waals surface area contributed by atoms with Gasteiger partial charge in [0.05, 0.1) is 6.33 Å². The molecular weight excluding hydrogens is 536 g/mol. The fourth-order valence-electron chi connectivity index (χ4n) is 3.56. The zero-order chi connectivity index (χ0) is 28.7. The van der Waals surface area contributed by atoms with E-state index in [0.29, 0.717) is 24.0 Å². The summed E-state index contributed by atoms with van der Waals surface area (Å²) in [5.74, 6) is -1.19. The van der Waals surface area contributed by atoms with Crippen molar-refractivity contribution in [2.24, 2.45) is 17.8 Å². The van der Waals surface area contributed by atoms with Crippen LogP contribution in [0.25, 0.3) is 0 Å². The van der Waals surface area contributed by atoms with Crippen LogP contribution in [0.3, 0.4) is 0 Å². The van der Waals surface area contributed by atoms with Gasteiger partial charge in [0.15, 0.2) is 0 Å². The van der Waals surface area contributed by atoms with E-state index < -0.39 is 23.8 Å². The molecule has 2 amide bonds. The van der Waals surface area contributed by atoms with E-state index in [4.69, 9.17) is 19.4 Å². The maximum Gasteiger partial charge on any atom is 0.490 e. The van der Waals surface area contributed by atoms with E-state index >= 15 is 0 Å². The molecule has 0 bridgehead atoms. The van der Waals surface area contributed by atoms with E-state index in [1.807, 2.05) is 6.07 Å². The van der Waals surface area contributed by atoms with Crippen LogP contribution in [0.2, 0.25) is 0 Å². The number of pyridine rings is 1. The smallest absolute Gasteiger partial charge is 0.475 e. The quantitative estimate of drug-likeness (QED) is 0.320. The number of piperidine rings is 1. The summed E-state index contributed by atoms with van der Waals surface area (Å²) in [5, 5.41) is 12.3. The van der Waals surface area contributed by atoms with Crippen molar-refractivity contribution in [3.63, 3.8) is 0 Å². The molecule has 3 N–H and O–H groups in total. The van der Waals surface area contributed by atoms with Crippen molar-refractivity contribution in [2.75, 3.05) is 33.3 Å². The average Bonchev–Trinajstić information content (AvgIpc) is 3.32. The topological polar surface area (TPSA) is 130 Å². The molecule has 0 radical (unpaired) electrons. The van der Waals surface area contributed by atoms with E-state index in [2.05, 4.69) is 19.9 Å². The van der Waals surface area contributed by atoms with Gasteiger partial charge in [0.2, 0.25) is 11.8 Å². The average molecular weight is 567 g/mol. The highest BCUT2D eigenvalue weighted by Crippen LogP contribution is 2.53. The molecule has 3 rings (SSSR count). The number of aromatic nitrogens is 1. The molecule has 1 aliphatic carbocycles. The van der Waals surface area contributed by atoms with Crippen LogP contribution in [-0.2, 0) is 14.3 Å². The van der Waals surface area contributed by atoms with Crippen molar-refractivity contribution in [2.45, 2.75) is 37.4 Å². The van der Waals surface area contributed by atoms with Crippen LogP contribution >= 0.6 is 11.9 Å². The maximum absolute atomic E-state index is 13.1. The number of alkyl halides is 3. The lowest BCUT2D eigenvalue weighted by molar-refractivity contribution is -0.192. The summed E-state index contributed by atoms with van der Waals surface area (Å²) < 4.78 is 57.7. The van der Waals surface area contributed by atoms with Crippen LogP contribution < -0.4 is 15.4 Å². The summed E-state index contributed by atoms with van der Waals surface area (Å²) >= 11 is 1.61. The van der Waals surface area contributed by atoms with Crippen LogP contribution in [0.4, 0.5) is 22.4 Å². The number of carbonyl (C=O) groups is 3. The molecule has 1 aromatic rings. The first-order chi connectivity index (χ1) is 17.6. The fourth-order valence-corrected chi connectivity index (χ4v) is 4.58. The number of carbonyl (C=O) groups excluding carboxylic acids is 2. The standard InChI is InChI=1S/C21H29FN4O4S.C2HF3O2/c1-21(2,3)30-20(28)25-8-13(7-22)12-29-17-6-5-14(9-24-17)31-26-10-15-16(11-26)18(15)19(27)23-4;3-2(4,5)1(6)7/h5-7,9,15-16,18H,8,10-12H2,1-4H3,(H,23,27)(H,25,28);(H,6,7)/b13-7+;. The van der Waals surface area contributed by atoms with Gasteiger partial charge in [-0.3, -0.25) is 4.79 Å². The van der Waals surface area contributed by atoms with Crippen LogP contribution in [0.1, 0.15) is 20.8 Å². The van der Waals surface area contributed by atoms with E-state index in [1.165, 1.54) is 0 Å².